The number of rotatable bonds is 1. The molecule has 0 spiro atoms. The van der Waals surface area contributed by atoms with E-state index in [1.807, 2.05) is 0 Å². The van der Waals surface area contributed by atoms with Crippen molar-refractivity contribution in [2.24, 2.45) is 0 Å². The van der Waals surface area contributed by atoms with Gasteiger partial charge in [-0.3, -0.25) is 0 Å². The topological polar surface area (TPSA) is 20.2 Å². The summed E-state index contributed by atoms with van der Waals surface area (Å²) < 4.78 is 21.8. The molecule has 1 N–H and O–H groups in total. The molecule has 0 aliphatic heterocycles. The smallest absolute Gasteiger partial charge is 0.263 e. The summed E-state index contributed by atoms with van der Waals surface area (Å²) in [5, 5.41) is 7.88. The maximum atomic E-state index is 10.9. The first kappa shape index (κ1) is 10.2. The zero-order chi connectivity index (χ0) is 5.15. The second-order valence-electron chi connectivity index (χ2n) is 1.08. The van der Waals surface area contributed by atoms with E-state index in [0.29, 0.717) is 0 Å². The van der Waals surface area contributed by atoms with E-state index in [-0.39, 0.29) is 12.4 Å². The first-order chi connectivity index (χ1) is 2.64. The van der Waals surface area contributed by atoms with E-state index in [4.69, 9.17) is 5.11 Å². The molecule has 46 valence electrons. The molecular weight excluding hydrogens is 125 g/mol. The van der Waals surface area contributed by atoms with Crippen LogP contribution >= 0.6 is 12.4 Å². The SMILES string of the molecule is CC(O)C(F)F.Cl. The molecule has 0 aromatic rings. The van der Waals surface area contributed by atoms with Crippen molar-refractivity contribution in [2.45, 2.75) is 19.5 Å². The van der Waals surface area contributed by atoms with Gasteiger partial charge in [-0.25, -0.2) is 8.78 Å². The fourth-order valence-corrected chi connectivity index (χ4v) is 0. The molecule has 1 nitrogen and oxygen atoms in total. The molecule has 0 saturated heterocycles. The van der Waals surface area contributed by atoms with Gasteiger partial charge < -0.3 is 5.11 Å². The summed E-state index contributed by atoms with van der Waals surface area (Å²) in [6.07, 6.45) is -4.07. The summed E-state index contributed by atoms with van der Waals surface area (Å²) in [7, 11) is 0. The minimum Gasteiger partial charge on any atom is -0.387 e. The van der Waals surface area contributed by atoms with Gasteiger partial charge in [-0.05, 0) is 6.92 Å². The predicted octanol–water partition coefficient (Wildman–Crippen LogP) is 1.05. The molecule has 0 aliphatic carbocycles. The lowest BCUT2D eigenvalue weighted by atomic mass is 10.4. The third-order valence-electron chi connectivity index (χ3n) is 0.365. The first-order valence-corrected chi connectivity index (χ1v) is 1.61. The standard InChI is InChI=1S/C3H6F2O.ClH/c1-2(6)3(4)5;/h2-3,6H,1H3;1H. The summed E-state index contributed by atoms with van der Waals surface area (Å²) in [4.78, 5) is 0. The van der Waals surface area contributed by atoms with Crippen LogP contribution < -0.4 is 0 Å². The van der Waals surface area contributed by atoms with Crippen molar-refractivity contribution in [1.82, 2.24) is 0 Å². The highest BCUT2D eigenvalue weighted by Gasteiger charge is 2.07. The van der Waals surface area contributed by atoms with E-state index in [1.54, 1.807) is 0 Å². The highest BCUT2D eigenvalue weighted by atomic mass is 35.5. The molecule has 0 saturated carbocycles. The average molecular weight is 133 g/mol. The Hall–Kier alpha value is 0.110. The maximum Gasteiger partial charge on any atom is 0.263 e. The molecule has 7 heavy (non-hydrogen) atoms. The summed E-state index contributed by atoms with van der Waals surface area (Å²) in [5.74, 6) is 0. The van der Waals surface area contributed by atoms with Gasteiger partial charge >= 0.3 is 0 Å². The van der Waals surface area contributed by atoms with Crippen molar-refractivity contribution in [3.8, 4) is 0 Å². The lowest BCUT2D eigenvalue weighted by molar-refractivity contribution is 0.00720. The maximum absolute atomic E-state index is 10.9. The Morgan fingerprint density at radius 3 is 1.57 bits per heavy atom. The van der Waals surface area contributed by atoms with Crippen molar-refractivity contribution < 1.29 is 13.9 Å². The Bertz CT molecular complexity index is 33.9. The fraction of sp³-hybridized carbons (Fsp3) is 1.00. The van der Waals surface area contributed by atoms with E-state index in [2.05, 4.69) is 0 Å². The summed E-state index contributed by atoms with van der Waals surface area (Å²) >= 11 is 0. The minimum atomic E-state index is -2.59. The Kier molecular flexibility index (Phi) is 6.21. The molecule has 0 aliphatic rings. The lowest BCUT2D eigenvalue weighted by Crippen LogP contribution is -2.10. The Labute approximate surface area is 46.7 Å². The van der Waals surface area contributed by atoms with Gasteiger partial charge in [-0.2, -0.15) is 0 Å². The van der Waals surface area contributed by atoms with Crippen LogP contribution in [0, 0.1) is 0 Å². The number of hydrogen-bond acceptors (Lipinski definition) is 1. The predicted molar refractivity (Wildman–Crippen MR) is 24.9 cm³/mol. The Morgan fingerprint density at radius 1 is 1.43 bits per heavy atom. The zero-order valence-electron chi connectivity index (χ0n) is 3.77. The van der Waals surface area contributed by atoms with Crippen LogP contribution in [0.3, 0.4) is 0 Å². The van der Waals surface area contributed by atoms with Gasteiger partial charge in [0.25, 0.3) is 6.43 Å². The molecule has 4 heteroatoms. The van der Waals surface area contributed by atoms with Gasteiger partial charge in [0.05, 0.1) is 0 Å². The second-order valence-corrected chi connectivity index (χ2v) is 1.08. The lowest BCUT2D eigenvalue weighted by Gasteiger charge is -1.96. The van der Waals surface area contributed by atoms with Crippen molar-refractivity contribution in [3.05, 3.63) is 0 Å². The molecule has 1 unspecified atom stereocenters. The third-order valence-corrected chi connectivity index (χ3v) is 0.365. The number of alkyl halides is 2. The van der Waals surface area contributed by atoms with Crippen LogP contribution in [0.1, 0.15) is 6.92 Å². The van der Waals surface area contributed by atoms with E-state index in [9.17, 15) is 8.78 Å². The van der Waals surface area contributed by atoms with Crippen molar-refractivity contribution >= 4 is 12.4 Å². The van der Waals surface area contributed by atoms with Gasteiger partial charge in [0.15, 0.2) is 0 Å². The van der Waals surface area contributed by atoms with E-state index < -0.39 is 12.5 Å². The molecule has 0 bridgehead atoms. The van der Waals surface area contributed by atoms with Crippen LogP contribution in [0.2, 0.25) is 0 Å². The van der Waals surface area contributed by atoms with Gasteiger partial charge in [-0.15, -0.1) is 12.4 Å². The van der Waals surface area contributed by atoms with Gasteiger partial charge in [0.2, 0.25) is 0 Å². The highest BCUT2D eigenvalue weighted by Crippen LogP contribution is 1.96. The minimum absolute atomic E-state index is 0. The normalized spacial score (nSPS) is 13.3. The fourth-order valence-electron chi connectivity index (χ4n) is 0. The first-order valence-electron chi connectivity index (χ1n) is 1.61. The van der Waals surface area contributed by atoms with Crippen LogP contribution in [0.25, 0.3) is 0 Å². The van der Waals surface area contributed by atoms with Crippen LogP contribution in [0.15, 0.2) is 0 Å². The van der Waals surface area contributed by atoms with Crippen molar-refractivity contribution in [2.75, 3.05) is 0 Å². The summed E-state index contributed by atoms with van der Waals surface area (Å²) in [6.45, 7) is 1.05. The average Bonchev–Trinajstić information content (AvgIpc) is 1.36. The Morgan fingerprint density at radius 2 is 1.57 bits per heavy atom. The van der Waals surface area contributed by atoms with Crippen molar-refractivity contribution in [3.63, 3.8) is 0 Å². The molecule has 0 radical (unpaired) electrons. The van der Waals surface area contributed by atoms with Gasteiger partial charge in [0, 0.05) is 0 Å². The number of aliphatic hydroxyl groups is 1. The van der Waals surface area contributed by atoms with E-state index in [1.165, 1.54) is 0 Å². The molecule has 0 rings (SSSR count). The number of hydrogen-bond donors (Lipinski definition) is 1. The largest absolute Gasteiger partial charge is 0.387 e. The monoisotopic (exact) mass is 132 g/mol. The molecule has 0 fully saturated rings. The second kappa shape index (κ2) is 4.27. The Balaban J connectivity index is 0. The van der Waals surface area contributed by atoms with E-state index >= 15 is 0 Å². The molecule has 0 amide bonds. The van der Waals surface area contributed by atoms with Crippen molar-refractivity contribution in [1.29, 1.82) is 0 Å². The van der Waals surface area contributed by atoms with E-state index in [0.717, 1.165) is 6.92 Å². The molecular formula is C3H7ClF2O. The quantitative estimate of drug-likeness (QED) is 0.566. The zero-order valence-corrected chi connectivity index (χ0v) is 4.58. The molecule has 0 heterocycles. The summed E-state index contributed by atoms with van der Waals surface area (Å²) in [5.41, 5.74) is 0. The third kappa shape index (κ3) is 6.11. The molecule has 0 aromatic carbocycles. The molecule has 0 aromatic heterocycles. The highest BCUT2D eigenvalue weighted by molar-refractivity contribution is 5.85. The number of aliphatic hydroxyl groups excluding tert-OH is 1. The summed E-state index contributed by atoms with van der Waals surface area (Å²) in [6, 6.07) is 0. The number of halogens is 3. The van der Waals surface area contributed by atoms with Crippen LogP contribution in [0.4, 0.5) is 8.78 Å². The van der Waals surface area contributed by atoms with Gasteiger partial charge in [-0.1, -0.05) is 0 Å². The van der Waals surface area contributed by atoms with Crippen LogP contribution in [0.5, 0.6) is 0 Å². The van der Waals surface area contributed by atoms with Gasteiger partial charge in [0.1, 0.15) is 6.10 Å². The molecule has 1 atom stereocenters. The van der Waals surface area contributed by atoms with Crippen LogP contribution in [-0.4, -0.2) is 17.6 Å². The van der Waals surface area contributed by atoms with Crippen LogP contribution in [-0.2, 0) is 0 Å².